The Morgan fingerprint density at radius 2 is 1.21 bits per heavy atom. The lowest BCUT2D eigenvalue weighted by atomic mass is 9.45. The molecule has 0 spiro atoms. The molecule has 4 unspecified atom stereocenters. The average Bonchev–Trinajstić information content (AvgIpc) is 3.24. The van der Waals surface area contributed by atoms with Crippen LogP contribution in [0.3, 0.4) is 0 Å². The zero-order valence-corrected chi connectivity index (χ0v) is 48.1. The van der Waals surface area contributed by atoms with Crippen molar-refractivity contribution in [3.8, 4) is 0 Å². The van der Waals surface area contributed by atoms with Crippen LogP contribution in [0.4, 0.5) is 0 Å². The molecule has 3 saturated carbocycles. The molecule has 0 aromatic heterocycles. The first kappa shape index (κ1) is 51.1. The number of hydrogen-bond acceptors (Lipinski definition) is 7. The molecule has 13 heteroatoms. The SMILES string of the molecule is CC(C)(CCC(O[Si](C)(C)C)[C@](C)(O[Si](C)(C)C)[C@H]1CC[C@@]2(O[Si](C)(C)C)C3=CC(=O)C4CC(O[Si](C)(C)C)C(O[Si](C)(C)C)C[C@]4(C)[C@H]3CC[C@]12C)O[Si](C)(C)C. The number of fused-ring (bicyclic) bond motifs is 5. The number of carbonyl (C=O) groups excluding carboxylic acids is 1. The third-order valence-electron chi connectivity index (χ3n) is 13.5. The summed E-state index contributed by atoms with van der Waals surface area (Å²) in [4.78, 5) is 15.0. The zero-order valence-electron chi connectivity index (χ0n) is 42.1. The van der Waals surface area contributed by atoms with Crippen molar-refractivity contribution in [3.05, 3.63) is 11.6 Å². The van der Waals surface area contributed by atoms with Crippen LogP contribution in [0.5, 0.6) is 0 Å². The number of hydrogen-bond donors (Lipinski definition) is 0. The van der Waals surface area contributed by atoms with Gasteiger partial charge in [-0.1, -0.05) is 13.8 Å². The highest BCUT2D eigenvalue weighted by Crippen LogP contribution is 2.71. The minimum Gasteiger partial charge on any atom is -0.413 e. The van der Waals surface area contributed by atoms with Gasteiger partial charge in [0.15, 0.2) is 55.7 Å². The number of allylic oxidation sites excluding steroid dienone is 1. The van der Waals surface area contributed by atoms with Gasteiger partial charge in [-0.25, -0.2) is 0 Å². The molecule has 7 nitrogen and oxygen atoms in total. The van der Waals surface area contributed by atoms with E-state index in [-0.39, 0.29) is 58.3 Å². The molecule has 0 N–H and O–H groups in total. The fourth-order valence-electron chi connectivity index (χ4n) is 12.4. The highest BCUT2D eigenvalue weighted by Gasteiger charge is 2.71. The van der Waals surface area contributed by atoms with E-state index in [9.17, 15) is 4.79 Å². The van der Waals surface area contributed by atoms with E-state index < -0.39 is 61.1 Å². The molecular weight excluding hydrogens is 821 g/mol. The maximum Gasteiger partial charge on any atom is 0.184 e. The van der Waals surface area contributed by atoms with Crippen LogP contribution in [-0.2, 0) is 31.4 Å². The van der Waals surface area contributed by atoms with E-state index >= 15 is 0 Å². The standard InChI is InChI=1S/C45H92O7Si6/c1-41(2,50-56(15,16)17)27-26-40(49-55(12,13)14)44(5,51-57(18,19)20)39-25-29-45(52-58(21,22)23)34-30-36(46)35-31-37(47-53(6,7)8)38(48-54(9,10)11)32-42(35,3)33(34)24-28-43(39,45)4/h30,33,35,37-40H,24-29,31-32H2,1-23H3/t33-,35?,37?,38?,39-,40?,42+,43+,44+,45+/m0/s1. The number of carbonyl (C=O) groups is 1. The molecule has 4 aliphatic carbocycles. The van der Waals surface area contributed by atoms with Gasteiger partial charge < -0.3 is 26.6 Å². The Kier molecular flexibility index (Phi) is 14.5. The van der Waals surface area contributed by atoms with Gasteiger partial charge in [-0.3, -0.25) is 4.79 Å². The molecule has 4 aliphatic rings. The van der Waals surface area contributed by atoms with Gasteiger partial charge in [0, 0.05) is 11.3 Å². The van der Waals surface area contributed by atoms with Gasteiger partial charge in [0.2, 0.25) is 0 Å². The molecule has 0 aromatic rings. The van der Waals surface area contributed by atoms with Gasteiger partial charge in [0.05, 0.1) is 35.1 Å². The summed E-state index contributed by atoms with van der Waals surface area (Å²) >= 11 is 0. The second kappa shape index (κ2) is 16.5. The first-order valence-corrected chi connectivity index (χ1v) is 43.5. The van der Waals surface area contributed by atoms with E-state index in [0.29, 0.717) is 0 Å². The van der Waals surface area contributed by atoms with Crippen LogP contribution in [0.2, 0.25) is 118 Å². The molecule has 0 bridgehead atoms. The van der Waals surface area contributed by atoms with E-state index in [1.807, 2.05) is 0 Å². The summed E-state index contributed by atoms with van der Waals surface area (Å²) in [7, 11) is -11.9. The van der Waals surface area contributed by atoms with Gasteiger partial charge in [-0.15, -0.1) is 0 Å². The largest absolute Gasteiger partial charge is 0.413 e. The van der Waals surface area contributed by atoms with Crippen molar-refractivity contribution in [1.29, 1.82) is 0 Å². The predicted molar refractivity (Wildman–Crippen MR) is 260 cm³/mol. The zero-order chi connectivity index (χ0) is 44.7. The van der Waals surface area contributed by atoms with Gasteiger partial charge in [0.25, 0.3) is 0 Å². The van der Waals surface area contributed by atoms with Gasteiger partial charge in [-0.05, 0) is 219 Å². The van der Waals surface area contributed by atoms with Gasteiger partial charge in [0.1, 0.15) is 0 Å². The summed E-state index contributed by atoms with van der Waals surface area (Å²) in [5, 5.41) is 0. The van der Waals surface area contributed by atoms with Crippen molar-refractivity contribution in [1.82, 2.24) is 0 Å². The molecule has 0 aliphatic heterocycles. The summed E-state index contributed by atoms with van der Waals surface area (Å²) in [5.41, 5.74) is -0.573. The minimum absolute atomic E-state index is 0.00706. The van der Waals surface area contributed by atoms with Gasteiger partial charge in [-0.2, -0.15) is 0 Å². The van der Waals surface area contributed by atoms with Crippen LogP contribution in [-0.4, -0.2) is 90.8 Å². The van der Waals surface area contributed by atoms with E-state index in [2.05, 4.69) is 159 Å². The topological polar surface area (TPSA) is 72.5 Å². The van der Waals surface area contributed by atoms with E-state index in [1.54, 1.807) is 0 Å². The van der Waals surface area contributed by atoms with E-state index in [4.69, 9.17) is 26.6 Å². The van der Waals surface area contributed by atoms with Crippen molar-refractivity contribution in [2.45, 2.75) is 239 Å². The highest BCUT2D eigenvalue weighted by atomic mass is 28.4. The summed E-state index contributed by atoms with van der Waals surface area (Å²) in [6.45, 7) is 53.6. The fraction of sp³-hybridized carbons (Fsp3) is 0.933. The number of rotatable bonds is 17. The summed E-state index contributed by atoms with van der Waals surface area (Å²) in [5.74, 6) is 0.626. The van der Waals surface area contributed by atoms with Crippen LogP contribution >= 0.6 is 0 Å². The Morgan fingerprint density at radius 3 is 1.69 bits per heavy atom. The normalized spacial score (nSPS) is 34.5. The third-order valence-corrected chi connectivity index (χ3v) is 19.7. The second-order valence-corrected chi connectivity index (χ2v) is 53.0. The molecule has 0 aromatic carbocycles. The molecule has 0 heterocycles. The lowest BCUT2D eigenvalue weighted by molar-refractivity contribution is -0.164. The monoisotopic (exact) mass is 913 g/mol. The lowest BCUT2D eigenvalue weighted by Gasteiger charge is -2.64. The average molecular weight is 914 g/mol. The maximum atomic E-state index is 15.0. The van der Waals surface area contributed by atoms with Crippen molar-refractivity contribution < 1.29 is 31.4 Å². The van der Waals surface area contributed by atoms with Crippen LogP contribution in [0.1, 0.15) is 86.0 Å². The second-order valence-electron chi connectivity index (χ2n) is 26.3. The van der Waals surface area contributed by atoms with Crippen molar-refractivity contribution in [3.63, 3.8) is 0 Å². The van der Waals surface area contributed by atoms with Crippen LogP contribution in [0.15, 0.2) is 11.6 Å². The van der Waals surface area contributed by atoms with Crippen LogP contribution in [0, 0.1) is 28.6 Å². The molecular formula is C45H92O7Si6. The first-order valence-electron chi connectivity index (χ1n) is 23.0. The highest BCUT2D eigenvalue weighted by molar-refractivity contribution is 6.71. The first-order chi connectivity index (χ1) is 25.6. The Morgan fingerprint density at radius 1 is 0.672 bits per heavy atom. The Bertz CT molecular complexity index is 1510. The molecule has 0 radical (unpaired) electrons. The van der Waals surface area contributed by atoms with Crippen LogP contribution in [0.25, 0.3) is 0 Å². The van der Waals surface area contributed by atoms with Crippen molar-refractivity contribution >= 4 is 55.7 Å². The predicted octanol–water partition coefficient (Wildman–Crippen LogP) is 13.0. The smallest absolute Gasteiger partial charge is 0.184 e. The quantitative estimate of drug-likeness (QED) is 0.135. The minimum atomic E-state index is -2.16. The van der Waals surface area contributed by atoms with E-state index in [0.717, 1.165) is 51.4 Å². The van der Waals surface area contributed by atoms with Crippen molar-refractivity contribution in [2.75, 3.05) is 0 Å². The van der Waals surface area contributed by atoms with Gasteiger partial charge >= 0.3 is 0 Å². The van der Waals surface area contributed by atoms with E-state index in [1.165, 1.54) is 5.57 Å². The van der Waals surface area contributed by atoms with Crippen LogP contribution < -0.4 is 0 Å². The lowest BCUT2D eigenvalue weighted by Crippen LogP contribution is -2.67. The molecule has 10 atom stereocenters. The third kappa shape index (κ3) is 11.8. The summed E-state index contributed by atoms with van der Waals surface area (Å²) < 4.78 is 43.7. The van der Waals surface area contributed by atoms with Crippen molar-refractivity contribution in [2.24, 2.45) is 28.6 Å². The Labute approximate surface area is 364 Å². The molecule has 58 heavy (non-hydrogen) atoms. The fourth-order valence-corrected chi connectivity index (χ4v) is 20.8. The Balaban J connectivity index is 1.90. The molecule has 0 saturated heterocycles. The molecule has 338 valence electrons. The molecule has 4 rings (SSSR count). The summed E-state index contributed by atoms with van der Waals surface area (Å²) in [6, 6.07) is 0. The maximum absolute atomic E-state index is 15.0. The molecule has 0 amide bonds. The number of ketones is 1. The Hall–Kier alpha value is 0.471. The summed E-state index contributed by atoms with van der Waals surface area (Å²) in [6.07, 6.45) is 9.31. The molecule has 3 fully saturated rings.